The molecule has 0 saturated carbocycles. The van der Waals surface area contributed by atoms with E-state index in [4.69, 9.17) is 37.0 Å². The van der Waals surface area contributed by atoms with E-state index in [2.05, 4.69) is 34.6 Å². The standard InChI is InChI=1S/C79H154O17P2/c1-6-9-12-15-18-21-24-27-28-29-30-31-34-39-45-50-55-60-65-79(84)96-75(69-90-77(82)63-58-53-48-43-40-35-36-41-46-51-56-61-72(4)5)71-94-98(87,88)92-67-73(80)66-91-97(85,86)93-70-74(95-78(83)64-59-54-49-44-38-33-26-23-20-17-14-11-8-3)68-89-76(81)62-57-52-47-42-37-32-25-22-19-16-13-10-7-2/h72-75,80H,6-71H2,1-5H3,(H,85,86)(H,87,88)/t73-,74+,75+/m0/s1. The minimum atomic E-state index is -4.96. The van der Waals surface area contributed by atoms with Crippen molar-refractivity contribution >= 4 is 39.5 Å². The number of ether oxygens (including phenoxy) is 4. The SMILES string of the molecule is CCCCCCCCCCCCCCCCCCCCC(=O)O[C@H](COC(=O)CCCCCCCCCCCCCC(C)C)COP(=O)(O)OC[C@@H](O)COP(=O)(O)OC[C@@H](COC(=O)CCCCCCCCCCCCCCC)OC(=O)CCCCCCCCCCCCCCC. The first kappa shape index (κ1) is 96.1. The fourth-order valence-electron chi connectivity index (χ4n) is 12.2. The van der Waals surface area contributed by atoms with Gasteiger partial charge >= 0.3 is 39.5 Å². The van der Waals surface area contributed by atoms with E-state index >= 15 is 0 Å². The molecule has 0 aliphatic heterocycles. The highest BCUT2D eigenvalue weighted by Crippen LogP contribution is 2.45. The summed E-state index contributed by atoms with van der Waals surface area (Å²) in [5.74, 6) is -1.33. The molecule has 0 heterocycles. The van der Waals surface area contributed by atoms with Gasteiger partial charge in [0.15, 0.2) is 12.2 Å². The Morgan fingerprint density at radius 3 is 0.694 bits per heavy atom. The molecular formula is C79H154O17P2. The van der Waals surface area contributed by atoms with Gasteiger partial charge in [0, 0.05) is 25.7 Å². The van der Waals surface area contributed by atoms with Gasteiger partial charge in [-0.15, -0.1) is 0 Å². The lowest BCUT2D eigenvalue weighted by Crippen LogP contribution is -2.30. The lowest BCUT2D eigenvalue weighted by Gasteiger charge is -2.21. The predicted octanol–water partition coefficient (Wildman–Crippen LogP) is 23.6. The maximum absolute atomic E-state index is 13.1. The number of phosphoric acid groups is 2. The van der Waals surface area contributed by atoms with Crippen molar-refractivity contribution in [2.24, 2.45) is 5.92 Å². The number of hydrogen-bond donors (Lipinski definition) is 3. The Hall–Kier alpha value is -1.94. The van der Waals surface area contributed by atoms with Gasteiger partial charge in [0.05, 0.1) is 26.4 Å². The molecular weight excluding hydrogens is 1280 g/mol. The van der Waals surface area contributed by atoms with E-state index in [1.807, 2.05) is 0 Å². The van der Waals surface area contributed by atoms with Crippen LogP contribution in [0.5, 0.6) is 0 Å². The van der Waals surface area contributed by atoms with Crippen LogP contribution in [-0.4, -0.2) is 96.7 Å². The Morgan fingerprint density at radius 2 is 0.469 bits per heavy atom. The van der Waals surface area contributed by atoms with E-state index in [1.165, 1.54) is 244 Å². The van der Waals surface area contributed by atoms with Crippen LogP contribution in [0.2, 0.25) is 0 Å². The molecule has 5 atom stereocenters. The molecule has 0 aromatic heterocycles. The molecule has 0 bridgehead atoms. The summed E-state index contributed by atoms with van der Waals surface area (Å²) >= 11 is 0. The molecule has 17 nitrogen and oxygen atoms in total. The van der Waals surface area contributed by atoms with Crippen molar-refractivity contribution < 1.29 is 80.2 Å². The maximum Gasteiger partial charge on any atom is 0.472 e. The highest BCUT2D eigenvalue weighted by Gasteiger charge is 2.30. The summed E-state index contributed by atoms with van der Waals surface area (Å²) in [4.78, 5) is 73.0. The van der Waals surface area contributed by atoms with Gasteiger partial charge in [-0.3, -0.25) is 37.3 Å². The third kappa shape index (κ3) is 72.4. The lowest BCUT2D eigenvalue weighted by atomic mass is 10.0. The molecule has 0 aliphatic carbocycles. The van der Waals surface area contributed by atoms with Crippen LogP contribution in [0.25, 0.3) is 0 Å². The molecule has 0 fully saturated rings. The number of rotatable bonds is 79. The third-order valence-corrected chi connectivity index (χ3v) is 20.4. The second kappa shape index (κ2) is 72.0. The smallest absolute Gasteiger partial charge is 0.462 e. The highest BCUT2D eigenvalue weighted by atomic mass is 31.2. The van der Waals surface area contributed by atoms with Crippen molar-refractivity contribution in [3.05, 3.63) is 0 Å². The average molecular weight is 1440 g/mol. The van der Waals surface area contributed by atoms with E-state index in [1.54, 1.807) is 0 Å². The maximum atomic E-state index is 13.1. The molecule has 582 valence electrons. The number of hydrogen-bond acceptors (Lipinski definition) is 15. The van der Waals surface area contributed by atoms with Crippen molar-refractivity contribution in [2.45, 2.75) is 438 Å². The normalized spacial score (nSPS) is 13.9. The third-order valence-electron chi connectivity index (χ3n) is 18.5. The first-order valence-electron chi connectivity index (χ1n) is 41.1. The van der Waals surface area contributed by atoms with E-state index < -0.39 is 97.5 Å². The first-order chi connectivity index (χ1) is 47.5. The second-order valence-corrected chi connectivity index (χ2v) is 31.8. The number of aliphatic hydroxyl groups excluding tert-OH is 1. The van der Waals surface area contributed by atoms with Gasteiger partial charge in [-0.25, -0.2) is 9.13 Å². The van der Waals surface area contributed by atoms with Crippen LogP contribution in [-0.2, 0) is 65.4 Å². The summed E-state index contributed by atoms with van der Waals surface area (Å²) < 4.78 is 68.7. The number of unbranched alkanes of at least 4 members (excludes halogenated alkanes) is 51. The second-order valence-electron chi connectivity index (χ2n) is 28.9. The molecule has 19 heteroatoms. The zero-order valence-electron chi connectivity index (χ0n) is 63.9. The van der Waals surface area contributed by atoms with Gasteiger partial charge in [-0.05, 0) is 31.6 Å². The molecule has 3 N–H and O–H groups in total. The van der Waals surface area contributed by atoms with E-state index in [9.17, 15) is 43.2 Å². The largest absolute Gasteiger partial charge is 0.472 e. The number of esters is 4. The molecule has 0 saturated heterocycles. The Kier molecular flexibility index (Phi) is 70.6. The quantitative estimate of drug-likeness (QED) is 0.0222. The zero-order chi connectivity index (χ0) is 71.9. The van der Waals surface area contributed by atoms with Crippen LogP contribution in [0.15, 0.2) is 0 Å². The summed E-state index contributed by atoms with van der Waals surface area (Å²) in [6.45, 7) is 7.33. The van der Waals surface area contributed by atoms with Crippen molar-refractivity contribution in [2.75, 3.05) is 39.6 Å². The van der Waals surface area contributed by atoms with Crippen LogP contribution in [0.1, 0.15) is 420 Å². The van der Waals surface area contributed by atoms with Crippen LogP contribution in [0, 0.1) is 5.92 Å². The van der Waals surface area contributed by atoms with Gasteiger partial charge in [0.1, 0.15) is 19.3 Å². The summed E-state index contributed by atoms with van der Waals surface area (Å²) in [6.07, 6.45) is 62.2. The van der Waals surface area contributed by atoms with Gasteiger partial charge in [0.25, 0.3) is 0 Å². The Labute approximate surface area is 600 Å². The van der Waals surface area contributed by atoms with Gasteiger partial charge < -0.3 is 33.8 Å². The van der Waals surface area contributed by atoms with Crippen LogP contribution < -0.4 is 0 Å². The molecule has 0 spiro atoms. The fourth-order valence-corrected chi connectivity index (χ4v) is 13.8. The van der Waals surface area contributed by atoms with Crippen LogP contribution in [0.3, 0.4) is 0 Å². The van der Waals surface area contributed by atoms with Gasteiger partial charge in [-0.1, -0.05) is 369 Å². The summed E-state index contributed by atoms with van der Waals surface area (Å²) in [6, 6.07) is 0. The predicted molar refractivity (Wildman–Crippen MR) is 400 cm³/mol. The Bertz CT molecular complexity index is 1870. The Morgan fingerprint density at radius 1 is 0.276 bits per heavy atom. The van der Waals surface area contributed by atoms with Gasteiger partial charge in [0.2, 0.25) is 0 Å². The number of carbonyl (C=O) groups is 4. The molecule has 2 unspecified atom stereocenters. The minimum absolute atomic E-state index is 0.108. The minimum Gasteiger partial charge on any atom is -0.462 e. The molecule has 0 aliphatic rings. The molecule has 0 radical (unpaired) electrons. The number of aliphatic hydroxyl groups is 1. The summed E-state index contributed by atoms with van der Waals surface area (Å²) in [5, 5.41) is 10.6. The molecule has 0 aromatic carbocycles. The highest BCUT2D eigenvalue weighted by molar-refractivity contribution is 7.47. The molecule has 0 amide bonds. The molecule has 0 aromatic rings. The fraction of sp³-hybridized carbons (Fsp3) is 0.949. The first-order valence-corrected chi connectivity index (χ1v) is 44.1. The number of carbonyl (C=O) groups excluding carboxylic acids is 4. The summed E-state index contributed by atoms with van der Waals surface area (Å²) in [7, 11) is -9.92. The van der Waals surface area contributed by atoms with Crippen molar-refractivity contribution in [1.82, 2.24) is 0 Å². The van der Waals surface area contributed by atoms with E-state index in [0.29, 0.717) is 25.7 Å². The van der Waals surface area contributed by atoms with Crippen molar-refractivity contribution in [1.29, 1.82) is 0 Å². The van der Waals surface area contributed by atoms with Crippen LogP contribution in [0.4, 0.5) is 0 Å². The zero-order valence-corrected chi connectivity index (χ0v) is 65.7. The monoisotopic (exact) mass is 1440 g/mol. The van der Waals surface area contributed by atoms with E-state index in [0.717, 1.165) is 95.8 Å². The van der Waals surface area contributed by atoms with Crippen molar-refractivity contribution in [3.63, 3.8) is 0 Å². The van der Waals surface area contributed by atoms with Gasteiger partial charge in [-0.2, -0.15) is 0 Å². The summed E-state index contributed by atoms with van der Waals surface area (Å²) in [5.41, 5.74) is 0. The van der Waals surface area contributed by atoms with Crippen molar-refractivity contribution in [3.8, 4) is 0 Å². The van der Waals surface area contributed by atoms with Crippen LogP contribution >= 0.6 is 15.6 Å². The average Bonchev–Trinajstić information content (AvgIpc) is 1.41. The molecule has 0 rings (SSSR count). The topological polar surface area (TPSA) is 237 Å². The van der Waals surface area contributed by atoms with E-state index in [-0.39, 0.29) is 25.7 Å². The molecule has 98 heavy (non-hydrogen) atoms. The lowest BCUT2D eigenvalue weighted by molar-refractivity contribution is -0.161. The number of phosphoric ester groups is 2. The Balaban J connectivity index is 5.25.